The fourth-order valence-electron chi connectivity index (χ4n) is 1.24. The molecule has 4 heteroatoms. The second kappa shape index (κ2) is 4.81. The third-order valence-electron chi connectivity index (χ3n) is 2.12. The second-order valence-corrected chi connectivity index (χ2v) is 4.24. The van der Waals surface area contributed by atoms with Crippen LogP contribution in [0.4, 0.5) is 17.1 Å². The Balaban J connectivity index is 2.03. The lowest BCUT2D eigenvalue weighted by molar-refractivity contribution is 1.47. The van der Waals surface area contributed by atoms with Gasteiger partial charge in [0.15, 0.2) is 0 Å². The summed E-state index contributed by atoms with van der Waals surface area (Å²) in [6.45, 7) is 0. The molecular weight excluding hydrogens is 218 g/mol. The van der Waals surface area contributed by atoms with Crippen LogP contribution in [0.15, 0.2) is 53.4 Å². The van der Waals surface area contributed by atoms with Gasteiger partial charge in [0.25, 0.3) is 0 Å². The molecule has 0 bridgehead atoms. The van der Waals surface area contributed by atoms with E-state index in [1.165, 1.54) is 0 Å². The van der Waals surface area contributed by atoms with E-state index in [0.29, 0.717) is 11.4 Å². The number of nitrogen functional groups attached to an aromatic ring is 2. The van der Waals surface area contributed by atoms with E-state index in [4.69, 9.17) is 11.5 Å². The molecule has 2 aromatic rings. The van der Waals surface area contributed by atoms with Gasteiger partial charge in [-0.05, 0) is 42.3 Å². The number of hydrogen-bond donors (Lipinski definition) is 3. The molecule has 0 saturated carbocycles. The van der Waals surface area contributed by atoms with Crippen molar-refractivity contribution < 1.29 is 0 Å². The predicted octanol–water partition coefficient (Wildman–Crippen LogP) is 2.97. The van der Waals surface area contributed by atoms with Crippen molar-refractivity contribution in [1.29, 1.82) is 0 Å². The van der Waals surface area contributed by atoms with Crippen molar-refractivity contribution in [1.82, 2.24) is 0 Å². The molecule has 0 aliphatic heterocycles. The van der Waals surface area contributed by atoms with Gasteiger partial charge in [0.05, 0.1) is 11.4 Å². The van der Waals surface area contributed by atoms with Crippen LogP contribution in [0.1, 0.15) is 0 Å². The molecule has 0 spiro atoms. The summed E-state index contributed by atoms with van der Waals surface area (Å²) in [6, 6.07) is 15.6. The Labute approximate surface area is 99.0 Å². The molecule has 0 unspecified atom stereocenters. The van der Waals surface area contributed by atoms with Gasteiger partial charge in [-0.1, -0.05) is 18.2 Å². The topological polar surface area (TPSA) is 64.1 Å². The van der Waals surface area contributed by atoms with Crippen molar-refractivity contribution >= 4 is 29.0 Å². The van der Waals surface area contributed by atoms with Crippen LogP contribution in [-0.4, -0.2) is 0 Å². The fraction of sp³-hybridized carbons (Fsp3) is 0. The van der Waals surface area contributed by atoms with E-state index in [0.717, 1.165) is 10.6 Å². The average Bonchev–Trinajstić information content (AvgIpc) is 2.32. The molecule has 2 rings (SSSR count). The van der Waals surface area contributed by atoms with Crippen LogP contribution in [0.25, 0.3) is 0 Å². The maximum atomic E-state index is 5.72. The van der Waals surface area contributed by atoms with Crippen LogP contribution in [0, 0.1) is 0 Å². The van der Waals surface area contributed by atoms with Crippen LogP contribution < -0.4 is 16.2 Å². The minimum atomic E-state index is 0.596. The van der Waals surface area contributed by atoms with Gasteiger partial charge in [-0.3, -0.25) is 0 Å². The third-order valence-corrected chi connectivity index (χ3v) is 2.96. The first-order chi connectivity index (χ1) is 7.75. The molecule has 2 aromatic carbocycles. The van der Waals surface area contributed by atoms with Gasteiger partial charge in [-0.25, -0.2) is 0 Å². The first-order valence-corrected chi connectivity index (χ1v) is 5.70. The van der Waals surface area contributed by atoms with Gasteiger partial charge in [0, 0.05) is 10.6 Å². The lowest BCUT2D eigenvalue weighted by atomic mass is 10.2. The second-order valence-electron chi connectivity index (χ2n) is 3.36. The third kappa shape index (κ3) is 2.61. The van der Waals surface area contributed by atoms with Crippen molar-refractivity contribution in [2.75, 3.05) is 16.2 Å². The maximum absolute atomic E-state index is 5.72. The Morgan fingerprint density at radius 2 is 1.62 bits per heavy atom. The molecule has 5 N–H and O–H groups in total. The van der Waals surface area contributed by atoms with Gasteiger partial charge >= 0.3 is 0 Å². The normalized spacial score (nSPS) is 10.0. The number of rotatable bonds is 3. The van der Waals surface area contributed by atoms with E-state index < -0.39 is 0 Å². The summed E-state index contributed by atoms with van der Waals surface area (Å²) in [6.07, 6.45) is 0. The molecule has 0 aliphatic carbocycles. The Morgan fingerprint density at radius 3 is 2.31 bits per heavy atom. The first kappa shape index (κ1) is 10.7. The molecule has 0 aromatic heterocycles. The zero-order chi connectivity index (χ0) is 11.4. The van der Waals surface area contributed by atoms with Crippen LogP contribution in [-0.2, 0) is 0 Å². The summed E-state index contributed by atoms with van der Waals surface area (Å²) < 4.78 is 3.21. The molecule has 3 nitrogen and oxygen atoms in total. The zero-order valence-electron chi connectivity index (χ0n) is 8.68. The molecule has 0 heterocycles. The highest BCUT2D eigenvalue weighted by Crippen LogP contribution is 2.24. The molecule has 0 fully saturated rings. The van der Waals surface area contributed by atoms with Crippen molar-refractivity contribution in [3.63, 3.8) is 0 Å². The van der Waals surface area contributed by atoms with Crippen molar-refractivity contribution in [2.45, 2.75) is 4.90 Å². The average molecular weight is 231 g/mol. The lowest BCUT2D eigenvalue weighted by Crippen LogP contribution is -1.95. The minimum absolute atomic E-state index is 0.596. The zero-order valence-corrected chi connectivity index (χ0v) is 9.50. The summed E-state index contributed by atoms with van der Waals surface area (Å²) in [4.78, 5) is 1.15. The monoisotopic (exact) mass is 231 g/mol. The van der Waals surface area contributed by atoms with Crippen molar-refractivity contribution in [3.8, 4) is 0 Å². The van der Waals surface area contributed by atoms with Crippen LogP contribution >= 0.6 is 11.9 Å². The number of nitrogens with one attached hydrogen (secondary N) is 1. The smallest absolute Gasteiger partial charge is 0.0568 e. The van der Waals surface area contributed by atoms with E-state index in [-0.39, 0.29) is 0 Å². The highest BCUT2D eigenvalue weighted by Gasteiger charge is 1.97. The van der Waals surface area contributed by atoms with E-state index in [1.54, 1.807) is 18.0 Å². The predicted molar refractivity (Wildman–Crippen MR) is 71.2 cm³/mol. The molecule has 16 heavy (non-hydrogen) atoms. The number of nitrogens with two attached hydrogens (primary N) is 2. The summed E-state index contributed by atoms with van der Waals surface area (Å²) >= 11 is 1.54. The summed E-state index contributed by atoms with van der Waals surface area (Å²) in [5.74, 6) is 0. The van der Waals surface area contributed by atoms with Gasteiger partial charge in [0.2, 0.25) is 0 Å². The Morgan fingerprint density at radius 1 is 0.875 bits per heavy atom. The van der Waals surface area contributed by atoms with Crippen molar-refractivity contribution in [2.24, 2.45) is 0 Å². The molecule has 0 atom stereocenters. The minimum Gasteiger partial charge on any atom is -0.397 e. The van der Waals surface area contributed by atoms with E-state index in [9.17, 15) is 0 Å². The van der Waals surface area contributed by atoms with Crippen LogP contribution in [0.3, 0.4) is 0 Å². The Bertz CT molecular complexity index is 471. The number of anilines is 3. The number of benzene rings is 2. The standard InChI is InChI=1S/C12H13N3S/c13-11-7-6-9(8-12(11)14)15-16-10-4-2-1-3-5-10/h1-8,15H,13-14H2. The fourth-order valence-corrected chi connectivity index (χ4v) is 1.90. The summed E-state index contributed by atoms with van der Waals surface area (Å²) in [5.41, 5.74) is 13.5. The summed E-state index contributed by atoms with van der Waals surface area (Å²) in [7, 11) is 0. The highest BCUT2D eigenvalue weighted by atomic mass is 32.2. The largest absolute Gasteiger partial charge is 0.397 e. The van der Waals surface area contributed by atoms with Gasteiger partial charge in [-0.15, -0.1) is 0 Å². The Kier molecular flexibility index (Phi) is 3.22. The maximum Gasteiger partial charge on any atom is 0.0568 e. The SMILES string of the molecule is Nc1ccc(NSc2ccccc2)cc1N. The van der Waals surface area contributed by atoms with Gasteiger partial charge in [0.1, 0.15) is 0 Å². The lowest BCUT2D eigenvalue weighted by Gasteiger charge is -2.07. The number of hydrogen-bond acceptors (Lipinski definition) is 4. The van der Waals surface area contributed by atoms with Gasteiger partial charge < -0.3 is 16.2 Å². The van der Waals surface area contributed by atoms with E-state index in [1.807, 2.05) is 42.5 Å². The Hall–Kier alpha value is -1.81. The van der Waals surface area contributed by atoms with Crippen LogP contribution in [0.2, 0.25) is 0 Å². The molecule has 82 valence electrons. The molecule has 0 radical (unpaired) electrons. The molecule has 0 aliphatic rings. The molecule has 0 amide bonds. The highest BCUT2D eigenvalue weighted by molar-refractivity contribution is 8.00. The molecular formula is C12H13N3S. The van der Waals surface area contributed by atoms with Crippen LogP contribution in [0.5, 0.6) is 0 Å². The first-order valence-electron chi connectivity index (χ1n) is 4.88. The molecule has 0 saturated heterocycles. The quantitative estimate of drug-likeness (QED) is 0.561. The van der Waals surface area contributed by atoms with E-state index in [2.05, 4.69) is 4.72 Å². The van der Waals surface area contributed by atoms with Gasteiger partial charge in [-0.2, -0.15) is 0 Å². The van der Waals surface area contributed by atoms with E-state index >= 15 is 0 Å². The summed E-state index contributed by atoms with van der Waals surface area (Å²) in [5, 5.41) is 0. The van der Waals surface area contributed by atoms with Crippen molar-refractivity contribution in [3.05, 3.63) is 48.5 Å².